The number of nitrogens with zero attached hydrogens (tertiary/aromatic N) is 4. The molecule has 7 nitrogen and oxygen atoms in total. The number of rotatable bonds is 5. The molecule has 0 saturated carbocycles. The minimum absolute atomic E-state index is 0.0170. The summed E-state index contributed by atoms with van der Waals surface area (Å²) in [5, 5.41) is 11.7. The highest BCUT2D eigenvalue weighted by Gasteiger charge is 2.32. The molecule has 1 saturated heterocycles. The Bertz CT molecular complexity index is 708. The monoisotopic (exact) mass is 328 g/mol. The summed E-state index contributed by atoms with van der Waals surface area (Å²) in [4.78, 5) is 21.5. The molecule has 1 aromatic carbocycles. The van der Waals surface area contributed by atoms with Gasteiger partial charge in [-0.15, -0.1) is 0 Å². The fourth-order valence-corrected chi connectivity index (χ4v) is 3.10. The van der Waals surface area contributed by atoms with Gasteiger partial charge in [0.15, 0.2) is 0 Å². The molecule has 1 aliphatic rings. The Morgan fingerprint density at radius 2 is 2.08 bits per heavy atom. The van der Waals surface area contributed by atoms with Crippen LogP contribution < -0.4 is 9.64 Å². The third kappa shape index (κ3) is 3.29. The van der Waals surface area contributed by atoms with Crippen LogP contribution in [-0.4, -0.2) is 27.5 Å². The molecule has 0 aliphatic carbocycles. The number of benzene rings is 1. The van der Waals surface area contributed by atoms with E-state index in [-0.39, 0.29) is 17.6 Å². The number of ether oxygens (including phenoxy) is 1. The molecule has 3 rings (SSSR count). The van der Waals surface area contributed by atoms with Crippen molar-refractivity contribution in [1.29, 1.82) is 0 Å². The minimum atomic E-state index is -0.449. The zero-order valence-corrected chi connectivity index (χ0v) is 13.6. The molecule has 2 aromatic rings. The van der Waals surface area contributed by atoms with Gasteiger partial charge in [0, 0.05) is 12.6 Å². The maximum absolute atomic E-state index is 11.7. The molecule has 1 unspecified atom stereocenters. The van der Waals surface area contributed by atoms with Crippen molar-refractivity contribution in [2.75, 3.05) is 11.4 Å². The maximum atomic E-state index is 11.7. The summed E-state index contributed by atoms with van der Waals surface area (Å²) in [7, 11) is 0. The van der Waals surface area contributed by atoms with Crippen LogP contribution in [0.5, 0.6) is 11.6 Å². The van der Waals surface area contributed by atoms with Gasteiger partial charge >= 0.3 is 11.6 Å². The first-order chi connectivity index (χ1) is 11.7. The van der Waals surface area contributed by atoms with E-state index in [0.29, 0.717) is 11.6 Å². The molecule has 24 heavy (non-hydrogen) atoms. The normalized spacial score (nSPS) is 17.5. The molecule has 126 valence electrons. The number of hydrogen-bond donors (Lipinski definition) is 0. The summed E-state index contributed by atoms with van der Waals surface area (Å²) < 4.78 is 5.65. The number of piperidine rings is 1. The minimum Gasteiger partial charge on any atom is -0.434 e. The summed E-state index contributed by atoms with van der Waals surface area (Å²) in [6, 6.07) is 9.20. The van der Waals surface area contributed by atoms with Crippen LogP contribution in [0.4, 0.5) is 11.5 Å². The molecule has 1 fully saturated rings. The Labute approximate surface area is 140 Å². The van der Waals surface area contributed by atoms with Crippen molar-refractivity contribution in [2.24, 2.45) is 0 Å². The summed E-state index contributed by atoms with van der Waals surface area (Å²) in [6.45, 7) is 2.86. The summed E-state index contributed by atoms with van der Waals surface area (Å²) in [5.41, 5.74) is -0.165. The van der Waals surface area contributed by atoms with Gasteiger partial charge in [0.2, 0.25) is 5.82 Å². The van der Waals surface area contributed by atoms with E-state index in [9.17, 15) is 10.1 Å². The quantitative estimate of drug-likeness (QED) is 0.610. The van der Waals surface area contributed by atoms with Crippen molar-refractivity contribution in [3.05, 3.63) is 46.8 Å². The van der Waals surface area contributed by atoms with Crippen molar-refractivity contribution < 1.29 is 9.66 Å². The molecule has 0 bridgehead atoms. The van der Waals surface area contributed by atoms with E-state index in [1.807, 2.05) is 11.0 Å². The first kappa shape index (κ1) is 16.2. The lowest BCUT2D eigenvalue weighted by atomic mass is 10.00. The van der Waals surface area contributed by atoms with E-state index >= 15 is 0 Å². The lowest BCUT2D eigenvalue weighted by Crippen LogP contribution is -2.40. The van der Waals surface area contributed by atoms with E-state index in [1.54, 1.807) is 24.3 Å². The fraction of sp³-hybridized carbons (Fsp3) is 0.412. The highest BCUT2D eigenvalue weighted by atomic mass is 16.6. The van der Waals surface area contributed by atoms with Gasteiger partial charge in [0.25, 0.3) is 0 Å². The van der Waals surface area contributed by atoms with E-state index in [0.717, 1.165) is 32.2 Å². The zero-order valence-electron chi connectivity index (χ0n) is 13.6. The molecule has 1 atom stereocenters. The molecule has 0 amide bonds. The average molecular weight is 328 g/mol. The molecule has 7 heteroatoms. The highest BCUT2D eigenvalue weighted by molar-refractivity contribution is 5.64. The largest absolute Gasteiger partial charge is 0.434 e. The Kier molecular flexibility index (Phi) is 4.88. The molecule has 2 heterocycles. The Hall–Kier alpha value is -2.70. The van der Waals surface area contributed by atoms with Crippen LogP contribution >= 0.6 is 0 Å². The maximum Gasteiger partial charge on any atom is 0.373 e. The third-order valence-electron chi connectivity index (χ3n) is 4.28. The molecular formula is C17H20N4O3. The Balaban J connectivity index is 2.00. The summed E-state index contributed by atoms with van der Waals surface area (Å²) in [5.74, 6) is 0.847. The topological polar surface area (TPSA) is 81.4 Å². The van der Waals surface area contributed by atoms with Gasteiger partial charge in [0.05, 0.1) is 4.92 Å². The van der Waals surface area contributed by atoms with Crippen LogP contribution in [0.15, 0.2) is 36.7 Å². The van der Waals surface area contributed by atoms with Gasteiger partial charge in [-0.05, 0) is 37.8 Å². The Morgan fingerprint density at radius 1 is 1.29 bits per heavy atom. The molecular weight excluding hydrogens is 308 g/mol. The second-order valence-electron chi connectivity index (χ2n) is 5.77. The molecule has 1 aromatic heterocycles. The van der Waals surface area contributed by atoms with Crippen molar-refractivity contribution in [2.45, 2.75) is 38.6 Å². The summed E-state index contributed by atoms with van der Waals surface area (Å²) >= 11 is 0. The number of para-hydroxylation sites is 1. The van der Waals surface area contributed by atoms with Crippen LogP contribution in [0.3, 0.4) is 0 Å². The first-order valence-electron chi connectivity index (χ1n) is 8.19. The standard InChI is InChI=1S/C17H20N4O3/c1-2-13-8-6-7-11-20(13)16-15(21(22)23)17(19-12-18-16)24-14-9-4-3-5-10-14/h3-5,9-10,12-13H,2,6-8,11H2,1H3. The van der Waals surface area contributed by atoms with Crippen molar-refractivity contribution in [3.63, 3.8) is 0 Å². The van der Waals surface area contributed by atoms with Crippen molar-refractivity contribution in [1.82, 2.24) is 9.97 Å². The van der Waals surface area contributed by atoms with Crippen molar-refractivity contribution in [3.8, 4) is 11.6 Å². The van der Waals surface area contributed by atoms with Crippen LogP contribution in [0.1, 0.15) is 32.6 Å². The van der Waals surface area contributed by atoms with Crippen LogP contribution in [-0.2, 0) is 0 Å². The first-order valence-corrected chi connectivity index (χ1v) is 8.19. The van der Waals surface area contributed by atoms with Gasteiger partial charge in [0.1, 0.15) is 12.1 Å². The summed E-state index contributed by atoms with van der Waals surface area (Å²) in [6.07, 6.45) is 5.43. The number of anilines is 1. The van der Waals surface area contributed by atoms with Crippen LogP contribution in [0.2, 0.25) is 0 Å². The average Bonchev–Trinajstić information content (AvgIpc) is 2.62. The second-order valence-corrected chi connectivity index (χ2v) is 5.77. The molecule has 0 spiro atoms. The molecule has 0 radical (unpaired) electrons. The zero-order chi connectivity index (χ0) is 16.9. The fourth-order valence-electron chi connectivity index (χ4n) is 3.10. The third-order valence-corrected chi connectivity index (χ3v) is 4.28. The van der Waals surface area contributed by atoms with Crippen LogP contribution in [0, 0.1) is 10.1 Å². The predicted octanol–water partition coefficient (Wildman–Crippen LogP) is 3.95. The number of hydrogen-bond acceptors (Lipinski definition) is 6. The van der Waals surface area contributed by atoms with Crippen molar-refractivity contribution >= 4 is 11.5 Å². The lowest BCUT2D eigenvalue weighted by molar-refractivity contribution is -0.385. The SMILES string of the molecule is CCC1CCCCN1c1ncnc(Oc2ccccc2)c1[N+](=O)[O-]. The van der Waals surface area contributed by atoms with E-state index in [4.69, 9.17) is 4.74 Å². The van der Waals surface area contributed by atoms with E-state index < -0.39 is 4.92 Å². The Morgan fingerprint density at radius 3 is 2.79 bits per heavy atom. The predicted molar refractivity (Wildman–Crippen MR) is 90.5 cm³/mol. The van der Waals surface area contributed by atoms with Gasteiger partial charge in [-0.2, -0.15) is 4.98 Å². The van der Waals surface area contributed by atoms with E-state index in [1.165, 1.54) is 6.33 Å². The lowest BCUT2D eigenvalue weighted by Gasteiger charge is -2.35. The smallest absolute Gasteiger partial charge is 0.373 e. The number of aromatic nitrogens is 2. The van der Waals surface area contributed by atoms with Crippen LogP contribution in [0.25, 0.3) is 0 Å². The van der Waals surface area contributed by atoms with Gasteiger partial charge in [-0.1, -0.05) is 25.1 Å². The molecule has 0 N–H and O–H groups in total. The van der Waals surface area contributed by atoms with Gasteiger partial charge in [-0.3, -0.25) is 10.1 Å². The van der Waals surface area contributed by atoms with Gasteiger partial charge < -0.3 is 9.64 Å². The van der Waals surface area contributed by atoms with E-state index in [2.05, 4.69) is 16.9 Å². The number of nitro groups is 1. The van der Waals surface area contributed by atoms with Gasteiger partial charge in [-0.25, -0.2) is 4.98 Å². The molecule has 1 aliphatic heterocycles. The highest BCUT2D eigenvalue weighted by Crippen LogP contribution is 2.38. The second kappa shape index (κ2) is 7.25.